The molecule has 1 N–H and O–H groups in total. The van der Waals surface area contributed by atoms with Crippen LogP contribution in [0, 0.1) is 40.9 Å². The van der Waals surface area contributed by atoms with Gasteiger partial charge in [-0.2, -0.15) is 0 Å². The molecule has 0 amide bonds. The Morgan fingerprint density at radius 1 is 1.08 bits per heavy atom. The molecule has 4 saturated carbocycles. The molecule has 0 bridgehead atoms. The Bertz CT molecular complexity index is 627. The summed E-state index contributed by atoms with van der Waals surface area (Å²) < 4.78 is 0. The lowest BCUT2D eigenvalue weighted by atomic mass is 9.49. The molecule has 0 aliphatic heterocycles. The van der Waals surface area contributed by atoms with Gasteiger partial charge in [-0.05, 0) is 105 Å². The molecular formula is C21H33N3O2. The lowest BCUT2D eigenvalue weighted by molar-refractivity contribution is -0.131. The number of fused-ring (bicyclic) bond motifs is 5. The highest BCUT2D eigenvalue weighted by Crippen LogP contribution is 2.64. The molecule has 4 fully saturated rings. The normalized spacial score (nSPS) is 50.1. The van der Waals surface area contributed by atoms with Crippen molar-refractivity contribution in [2.24, 2.45) is 46.0 Å². The number of carbonyl (C=O) groups is 1. The van der Waals surface area contributed by atoms with Crippen LogP contribution in [0.2, 0.25) is 0 Å². The molecule has 5 nitrogen and oxygen atoms in total. The Morgan fingerprint density at radius 3 is 2.62 bits per heavy atom. The van der Waals surface area contributed by atoms with Crippen LogP contribution in [-0.4, -0.2) is 23.0 Å². The lowest BCUT2D eigenvalue weighted by Gasteiger charge is -2.56. The first-order valence-corrected chi connectivity index (χ1v) is 10.6. The first-order chi connectivity index (χ1) is 12.4. The smallest absolute Gasteiger partial charge is 0.142 e. The number of azide groups is 1. The third kappa shape index (κ3) is 2.88. The summed E-state index contributed by atoms with van der Waals surface area (Å²) in [4.78, 5) is 15.4. The van der Waals surface area contributed by atoms with Crippen molar-refractivity contribution in [1.29, 1.82) is 0 Å². The van der Waals surface area contributed by atoms with Crippen molar-refractivity contribution in [2.45, 2.75) is 77.2 Å². The number of ketones is 1. The molecular weight excluding hydrogens is 326 g/mol. The number of rotatable bonds is 3. The van der Waals surface area contributed by atoms with Gasteiger partial charge in [-0.15, -0.1) is 0 Å². The minimum Gasteiger partial charge on any atom is -0.390 e. The fourth-order valence-corrected chi connectivity index (χ4v) is 7.82. The monoisotopic (exact) mass is 359 g/mol. The maximum atomic E-state index is 12.6. The second-order valence-electron chi connectivity index (χ2n) is 10.2. The van der Waals surface area contributed by atoms with Crippen molar-refractivity contribution in [3.63, 3.8) is 0 Å². The van der Waals surface area contributed by atoms with Crippen LogP contribution >= 0.6 is 0 Å². The summed E-state index contributed by atoms with van der Waals surface area (Å²) in [5.74, 6) is 3.95. The van der Waals surface area contributed by atoms with E-state index in [1.54, 1.807) is 0 Å². The van der Waals surface area contributed by atoms with Crippen LogP contribution < -0.4 is 0 Å². The number of Topliss-reactive ketones (excluding diaryl/α,β-unsaturated/α-hetero) is 1. The van der Waals surface area contributed by atoms with E-state index >= 15 is 0 Å². The summed E-state index contributed by atoms with van der Waals surface area (Å²) >= 11 is 0. The molecule has 0 aromatic heterocycles. The maximum absolute atomic E-state index is 12.6. The fourth-order valence-electron chi connectivity index (χ4n) is 7.82. The zero-order valence-electron chi connectivity index (χ0n) is 16.2. The highest BCUT2D eigenvalue weighted by Gasteiger charge is 2.58. The standard InChI is InChI=1S/C21H33N3O2/c1-20(26)9-7-14-13(11-20)3-4-16-15(14)8-10-21(2)17(16)5-6-18(21)19(25)12-23-24-22/h13-18,26H,3-12H2,1-2H3/t13-,14+,15-,16-,17+,18-,20-,21+/m1/s1. The van der Waals surface area contributed by atoms with E-state index in [2.05, 4.69) is 16.9 Å². The Labute approximate surface area is 156 Å². The topological polar surface area (TPSA) is 86.1 Å². The van der Waals surface area contributed by atoms with Gasteiger partial charge in [0.05, 0.1) is 12.1 Å². The molecule has 0 radical (unpaired) electrons. The van der Waals surface area contributed by atoms with E-state index in [-0.39, 0.29) is 23.7 Å². The van der Waals surface area contributed by atoms with E-state index in [0.717, 1.165) is 43.4 Å². The number of hydrogen-bond acceptors (Lipinski definition) is 3. The van der Waals surface area contributed by atoms with Crippen molar-refractivity contribution in [3.05, 3.63) is 10.4 Å². The van der Waals surface area contributed by atoms with Gasteiger partial charge in [0.15, 0.2) is 0 Å². The SMILES string of the molecule is C[C@@]1(O)CC[C@H]2[C@H](CC[C@@H]3[C@@H]2CC[C@]2(C)[C@@H](C(=O)CN=[N+]=[N-])CC[C@@H]32)C1. The van der Waals surface area contributed by atoms with Crippen molar-refractivity contribution < 1.29 is 9.90 Å². The molecule has 4 rings (SSSR count). The van der Waals surface area contributed by atoms with Gasteiger partial charge in [0.1, 0.15) is 5.78 Å². The highest BCUT2D eigenvalue weighted by molar-refractivity contribution is 5.84. The third-order valence-electron chi connectivity index (χ3n) is 8.92. The van der Waals surface area contributed by atoms with Crippen LogP contribution in [0.4, 0.5) is 0 Å². The van der Waals surface area contributed by atoms with E-state index in [9.17, 15) is 9.90 Å². The summed E-state index contributed by atoms with van der Waals surface area (Å²) in [6, 6.07) is 0. The van der Waals surface area contributed by atoms with E-state index in [4.69, 9.17) is 5.53 Å². The van der Waals surface area contributed by atoms with Crippen molar-refractivity contribution in [3.8, 4) is 0 Å². The average Bonchev–Trinajstić information content (AvgIpc) is 2.95. The highest BCUT2D eigenvalue weighted by atomic mass is 16.3. The van der Waals surface area contributed by atoms with Crippen molar-refractivity contribution in [1.82, 2.24) is 0 Å². The fraction of sp³-hybridized carbons (Fsp3) is 0.952. The summed E-state index contributed by atoms with van der Waals surface area (Å²) in [5, 5.41) is 14.0. The van der Waals surface area contributed by atoms with Gasteiger partial charge in [-0.25, -0.2) is 0 Å². The molecule has 0 spiro atoms. The summed E-state index contributed by atoms with van der Waals surface area (Å²) in [6.45, 7) is 4.39. The minimum atomic E-state index is -0.455. The van der Waals surface area contributed by atoms with Gasteiger partial charge in [0, 0.05) is 10.8 Å². The van der Waals surface area contributed by atoms with Gasteiger partial charge >= 0.3 is 0 Å². The summed E-state index contributed by atoms with van der Waals surface area (Å²) in [7, 11) is 0. The van der Waals surface area contributed by atoms with Crippen LogP contribution in [0.1, 0.15) is 71.6 Å². The van der Waals surface area contributed by atoms with Crippen molar-refractivity contribution in [2.75, 3.05) is 6.54 Å². The first kappa shape index (κ1) is 18.3. The molecule has 4 aliphatic rings. The molecule has 0 heterocycles. The zero-order valence-corrected chi connectivity index (χ0v) is 16.2. The van der Waals surface area contributed by atoms with Crippen molar-refractivity contribution >= 4 is 5.78 Å². The molecule has 26 heavy (non-hydrogen) atoms. The first-order valence-electron chi connectivity index (χ1n) is 10.6. The van der Waals surface area contributed by atoms with Gasteiger partial charge < -0.3 is 5.11 Å². The van der Waals surface area contributed by atoms with E-state index in [0.29, 0.717) is 11.8 Å². The predicted molar refractivity (Wildman–Crippen MR) is 100 cm³/mol. The van der Waals surface area contributed by atoms with Crippen LogP contribution in [0.25, 0.3) is 10.4 Å². The second kappa shape index (κ2) is 6.53. The van der Waals surface area contributed by atoms with Crippen LogP contribution in [0.3, 0.4) is 0 Å². The second-order valence-corrected chi connectivity index (χ2v) is 10.2. The van der Waals surface area contributed by atoms with Gasteiger partial charge in [0.25, 0.3) is 0 Å². The number of hydrogen-bond donors (Lipinski definition) is 1. The molecule has 5 heteroatoms. The molecule has 144 valence electrons. The maximum Gasteiger partial charge on any atom is 0.142 e. The van der Waals surface area contributed by atoms with E-state index in [1.165, 1.54) is 32.1 Å². The third-order valence-corrected chi connectivity index (χ3v) is 8.92. The quantitative estimate of drug-likeness (QED) is 0.442. The van der Waals surface area contributed by atoms with Crippen LogP contribution in [0.15, 0.2) is 5.11 Å². The number of nitrogens with zero attached hydrogens (tertiary/aromatic N) is 3. The lowest BCUT2D eigenvalue weighted by Crippen LogP contribution is -2.51. The molecule has 4 aliphatic carbocycles. The Morgan fingerprint density at radius 2 is 1.85 bits per heavy atom. The Hall–Kier alpha value is -1.06. The number of aliphatic hydroxyl groups is 1. The van der Waals surface area contributed by atoms with Gasteiger partial charge in [0.2, 0.25) is 0 Å². The molecule has 0 aromatic rings. The Balaban J connectivity index is 1.51. The Kier molecular flexibility index (Phi) is 4.60. The van der Waals surface area contributed by atoms with Crippen LogP contribution in [0.5, 0.6) is 0 Å². The number of carbonyl (C=O) groups excluding carboxylic acids is 1. The average molecular weight is 360 g/mol. The van der Waals surface area contributed by atoms with Gasteiger partial charge in [-0.1, -0.05) is 12.0 Å². The minimum absolute atomic E-state index is 0.0252. The molecule has 8 atom stereocenters. The predicted octanol–water partition coefficient (Wildman–Crippen LogP) is 4.89. The molecule has 0 saturated heterocycles. The molecule has 0 unspecified atom stereocenters. The largest absolute Gasteiger partial charge is 0.390 e. The molecule has 0 aromatic carbocycles. The zero-order chi connectivity index (χ0) is 18.5. The van der Waals surface area contributed by atoms with Crippen LogP contribution in [-0.2, 0) is 4.79 Å². The van der Waals surface area contributed by atoms with E-state index < -0.39 is 5.60 Å². The summed E-state index contributed by atoms with van der Waals surface area (Å²) in [5.41, 5.74) is 8.20. The van der Waals surface area contributed by atoms with E-state index in [1.807, 2.05) is 6.92 Å². The summed E-state index contributed by atoms with van der Waals surface area (Å²) in [6.07, 6.45) is 10.2. The van der Waals surface area contributed by atoms with Gasteiger partial charge in [-0.3, -0.25) is 4.79 Å².